The first-order chi connectivity index (χ1) is 13.4. The second-order valence-corrected chi connectivity index (χ2v) is 7.00. The maximum Gasteiger partial charge on any atom is 0.322 e. The molecule has 0 unspecified atom stereocenters. The van der Waals surface area contributed by atoms with Gasteiger partial charge in [0.05, 0.1) is 35.8 Å². The second kappa shape index (κ2) is 6.92. The van der Waals surface area contributed by atoms with Crippen molar-refractivity contribution in [2.24, 2.45) is 7.05 Å². The van der Waals surface area contributed by atoms with E-state index in [4.69, 9.17) is 11.6 Å². The number of hydrogen-bond donors (Lipinski definition) is 2. The summed E-state index contributed by atoms with van der Waals surface area (Å²) in [6.45, 7) is 0.360. The predicted octanol–water partition coefficient (Wildman–Crippen LogP) is 1.91. The highest BCUT2D eigenvalue weighted by atomic mass is 35.5. The lowest BCUT2D eigenvalue weighted by Crippen LogP contribution is -2.39. The number of aliphatic hydroxyl groups excluding tert-OH is 1. The third-order valence-electron chi connectivity index (χ3n) is 4.89. The minimum atomic E-state index is -0.563. The highest BCUT2D eigenvalue weighted by molar-refractivity contribution is 6.31. The van der Waals surface area contributed by atoms with Crippen LogP contribution in [0.15, 0.2) is 29.2 Å². The van der Waals surface area contributed by atoms with Gasteiger partial charge in [-0.25, -0.2) is 13.7 Å². The van der Waals surface area contributed by atoms with Crippen LogP contribution in [0, 0.1) is 5.82 Å². The molecular formula is C18H17ClFN5O3. The fraction of sp³-hybridized carbons (Fsp3) is 0.278. The maximum absolute atomic E-state index is 13.3. The van der Waals surface area contributed by atoms with Crippen molar-refractivity contribution in [1.82, 2.24) is 19.1 Å². The average molecular weight is 406 g/mol. The van der Waals surface area contributed by atoms with Crippen LogP contribution < -0.4 is 10.9 Å². The molecule has 10 heteroatoms. The van der Waals surface area contributed by atoms with E-state index in [2.05, 4.69) is 10.4 Å². The van der Waals surface area contributed by atoms with Crippen LogP contribution in [-0.2, 0) is 26.6 Å². The molecule has 4 rings (SSSR count). The number of nitrogens with one attached hydrogen (secondary N) is 1. The summed E-state index contributed by atoms with van der Waals surface area (Å²) in [7, 11) is 1.58. The Hall–Kier alpha value is -2.91. The third-order valence-corrected chi connectivity index (χ3v) is 5.18. The van der Waals surface area contributed by atoms with E-state index in [1.807, 2.05) is 0 Å². The lowest BCUT2D eigenvalue weighted by Gasteiger charge is -2.26. The lowest BCUT2D eigenvalue weighted by atomic mass is 10.1. The number of anilines is 1. The number of halogens is 2. The standard InChI is InChI=1S/C18H17ClFN5O3/c1-23-11(9-26)7-25-16(17(23)27)12-8-24(5-4-15(12)22-25)18(28)21-10-2-3-14(20)13(19)6-10/h2-3,6-7,26H,4-5,8-9H2,1H3,(H,21,28). The van der Waals surface area contributed by atoms with Gasteiger partial charge in [-0.3, -0.25) is 4.79 Å². The number of hydrogen-bond acceptors (Lipinski definition) is 4. The molecule has 0 atom stereocenters. The van der Waals surface area contributed by atoms with E-state index in [0.717, 1.165) is 5.69 Å². The molecule has 28 heavy (non-hydrogen) atoms. The Kier molecular flexibility index (Phi) is 4.56. The van der Waals surface area contributed by atoms with Gasteiger partial charge < -0.3 is 19.9 Å². The number of aromatic nitrogens is 3. The summed E-state index contributed by atoms with van der Waals surface area (Å²) in [6.07, 6.45) is 2.10. The van der Waals surface area contributed by atoms with Gasteiger partial charge in [0, 0.05) is 31.3 Å². The number of carbonyl (C=O) groups excluding carboxylic acids is 1. The van der Waals surface area contributed by atoms with Gasteiger partial charge in [-0.15, -0.1) is 0 Å². The number of benzene rings is 1. The zero-order chi connectivity index (χ0) is 20.0. The zero-order valence-electron chi connectivity index (χ0n) is 14.9. The third kappa shape index (κ3) is 3.02. The zero-order valence-corrected chi connectivity index (χ0v) is 15.7. The van der Waals surface area contributed by atoms with Crippen molar-refractivity contribution in [3.05, 3.63) is 62.5 Å². The second-order valence-electron chi connectivity index (χ2n) is 6.59. The Morgan fingerprint density at radius 1 is 1.43 bits per heavy atom. The number of aliphatic hydroxyl groups is 1. The Morgan fingerprint density at radius 2 is 2.21 bits per heavy atom. The van der Waals surface area contributed by atoms with Crippen LogP contribution in [0.5, 0.6) is 0 Å². The molecule has 2 aromatic heterocycles. The summed E-state index contributed by atoms with van der Waals surface area (Å²) in [5, 5.41) is 16.4. The summed E-state index contributed by atoms with van der Waals surface area (Å²) in [5.41, 5.74) is 2.36. The number of amides is 2. The first-order valence-corrected chi connectivity index (χ1v) is 8.97. The van der Waals surface area contributed by atoms with E-state index >= 15 is 0 Å². The van der Waals surface area contributed by atoms with Crippen LogP contribution in [0.3, 0.4) is 0 Å². The van der Waals surface area contributed by atoms with Gasteiger partial charge >= 0.3 is 6.03 Å². The van der Waals surface area contributed by atoms with Gasteiger partial charge in [-0.1, -0.05) is 11.6 Å². The van der Waals surface area contributed by atoms with E-state index in [1.54, 1.807) is 18.1 Å². The summed E-state index contributed by atoms with van der Waals surface area (Å²) in [4.78, 5) is 26.9. The van der Waals surface area contributed by atoms with Gasteiger partial charge in [0.25, 0.3) is 5.56 Å². The SMILES string of the molecule is Cn1c(CO)cn2nc3c(c2c1=O)CN(C(=O)Nc1ccc(F)c(Cl)c1)CC3. The Morgan fingerprint density at radius 3 is 2.93 bits per heavy atom. The summed E-state index contributed by atoms with van der Waals surface area (Å²) >= 11 is 5.75. The molecule has 2 N–H and O–H groups in total. The average Bonchev–Trinajstić information content (AvgIpc) is 3.05. The quantitative estimate of drug-likeness (QED) is 0.681. The molecule has 1 aliphatic rings. The van der Waals surface area contributed by atoms with Crippen molar-refractivity contribution in [2.75, 3.05) is 11.9 Å². The smallest absolute Gasteiger partial charge is 0.322 e. The van der Waals surface area contributed by atoms with E-state index in [1.165, 1.54) is 27.3 Å². The summed E-state index contributed by atoms with van der Waals surface area (Å²) < 4.78 is 16.1. The lowest BCUT2D eigenvalue weighted by molar-refractivity contribution is 0.206. The van der Waals surface area contributed by atoms with Gasteiger partial charge in [-0.2, -0.15) is 5.10 Å². The van der Waals surface area contributed by atoms with Crippen LogP contribution >= 0.6 is 11.6 Å². The molecule has 146 valence electrons. The number of rotatable bonds is 2. The minimum absolute atomic E-state index is 0.0791. The first-order valence-electron chi connectivity index (χ1n) is 8.60. The van der Waals surface area contributed by atoms with Gasteiger partial charge in [0.15, 0.2) is 0 Å². The molecule has 0 bridgehead atoms. The van der Waals surface area contributed by atoms with Crippen LogP contribution in [0.4, 0.5) is 14.9 Å². The highest BCUT2D eigenvalue weighted by Gasteiger charge is 2.27. The predicted molar refractivity (Wildman–Crippen MR) is 101 cm³/mol. The molecule has 3 aromatic rings. The highest BCUT2D eigenvalue weighted by Crippen LogP contribution is 2.23. The molecule has 0 saturated heterocycles. The Bertz CT molecular complexity index is 1160. The minimum Gasteiger partial charge on any atom is -0.390 e. The molecule has 0 saturated carbocycles. The van der Waals surface area contributed by atoms with Gasteiger partial charge in [0.1, 0.15) is 11.3 Å². The van der Waals surface area contributed by atoms with Crippen molar-refractivity contribution in [2.45, 2.75) is 19.6 Å². The fourth-order valence-electron chi connectivity index (χ4n) is 3.33. The van der Waals surface area contributed by atoms with Crippen molar-refractivity contribution < 1.29 is 14.3 Å². The monoisotopic (exact) mass is 405 g/mol. The number of fused-ring (bicyclic) bond motifs is 3. The molecule has 1 aromatic carbocycles. The fourth-order valence-corrected chi connectivity index (χ4v) is 3.51. The van der Waals surface area contributed by atoms with Crippen LogP contribution in [0.2, 0.25) is 5.02 Å². The number of nitrogens with zero attached hydrogens (tertiary/aromatic N) is 4. The van der Waals surface area contributed by atoms with E-state index in [-0.39, 0.29) is 29.8 Å². The van der Waals surface area contributed by atoms with E-state index in [0.29, 0.717) is 35.4 Å². The molecule has 0 fully saturated rings. The maximum atomic E-state index is 13.3. The van der Waals surface area contributed by atoms with Crippen LogP contribution in [0.1, 0.15) is 17.0 Å². The topological polar surface area (TPSA) is 91.9 Å². The first kappa shape index (κ1) is 18.5. The van der Waals surface area contributed by atoms with Gasteiger partial charge in [-0.05, 0) is 18.2 Å². The molecule has 0 spiro atoms. The van der Waals surface area contributed by atoms with Crippen molar-refractivity contribution in [3.8, 4) is 0 Å². The summed E-state index contributed by atoms with van der Waals surface area (Å²) in [6, 6.07) is 3.57. The molecule has 0 aliphatic carbocycles. The Balaban J connectivity index is 1.63. The molecule has 8 nitrogen and oxygen atoms in total. The number of urea groups is 1. The van der Waals surface area contributed by atoms with Crippen molar-refractivity contribution in [3.63, 3.8) is 0 Å². The molecule has 0 radical (unpaired) electrons. The largest absolute Gasteiger partial charge is 0.390 e. The van der Waals surface area contributed by atoms with E-state index < -0.39 is 5.82 Å². The molecule has 1 aliphatic heterocycles. The molecular weight excluding hydrogens is 389 g/mol. The number of carbonyl (C=O) groups is 1. The Labute approximate surface area is 163 Å². The molecule has 2 amide bonds. The summed E-state index contributed by atoms with van der Waals surface area (Å²) in [5.74, 6) is -0.563. The van der Waals surface area contributed by atoms with Crippen LogP contribution in [0.25, 0.3) is 5.52 Å². The van der Waals surface area contributed by atoms with Crippen LogP contribution in [-0.4, -0.2) is 36.8 Å². The van der Waals surface area contributed by atoms with E-state index in [9.17, 15) is 19.1 Å². The normalized spacial score (nSPS) is 13.6. The molecule has 3 heterocycles. The van der Waals surface area contributed by atoms with Crippen molar-refractivity contribution >= 4 is 28.8 Å². The van der Waals surface area contributed by atoms with Gasteiger partial charge in [0.2, 0.25) is 0 Å². The van der Waals surface area contributed by atoms with Crippen molar-refractivity contribution in [1.29, 1.82) is 0 Å².